The van der Waals surface area contributed by atoms with Crippen LogP contribution in [0.3, 0.4) is 0 Å². The number of nitrogens with zero attached hydrogens (tertiary/aromatic N) is 3. The van der Waals surface area contributed by atoms with Gasteiger partial charge >= 0.3 is 0 Å². The summed E-state index contributed by atoms with van der Waals surface area (Å²) in [6.45, 7) is 3.56. The van der Waals surface area contributed by atoms with Crippen molar-refractivity contribution in [3.63, 3.8) is 0 Å². The molecular weight excluding hydrogens is 404 g/mol. The van der Waals surface area contributed by atoms with Gasteiger partial charge in [0.25, 0.3) is 5.91 Å². The Morgan fingerprint density at radius 1 is 1.12 bits per heavy atom. The normalized spacial score (nSPS) is 13.8. The minimum Gasteiger partial charge on any atom is -0.365 e. The van der Waals surface area contributed by atoms with Crippen LogP contribution in [0.15, 0.2) is 60.8 Å². The van der Waals surface area contributed by atoms with E-state index in [1.807, 2.05) is 66.4 Å². The molecule has 0 aliphatic heterocycles. The first-order valence-electron chi connectivity index (χ1n) is 10.6. The van der Waals surface area contributed by atoms with Crippen LogP contribution >= 0.6 is 0 Å². The number of nitrogens with one attached hydrogen (secondary N) is 2. The lowest BCUT2D eigenvalue weighted by atomic mass is 10.1. The van der Waals surface area contributed by atoms with Crippen molar-refractivity contribution in [2.24, 2.45) is 5.73 Å². The van der Waals surface area contributed by atoms with E-state index in [0.717, 1.165) is 29.8 Å². The predicted molar refractivity (Wildman–Crippen MR) is 125 cm³/mol. The number of rotatable bonds is 8. The van der Waals surface area contributed by atoms with Crippen molar-refractivity contribution in [1.29, 1.82) is 0 Å². The van der Waals surface area contributed by atoms with Crippen LogP contribution in [-0.4, -0.2) is 27.8 Å². The first-order valence-corrected chi connectivity index (χ1v) is 10.6. The highest BCUT2D eigenvalue weighted by atomic mass is 16.2. The third kappa shape index (κ3) is 4.85. The van der Waals surface area contributed by atoms with Crippen LogP contribution in [0.25, 0.3) is 0 Å². The molecule has 1 heterocycles. The molecule has 1 atom stereocenters. The Morgan fingerprint density at radius 2 is 1.88 bits per heavy atom. The third-order valence-electron chi connectivity index (χ3n) is 5.34. The van der Waals surface area contributed by atoms with Crippen LogP contribution in [0.2, 0.25) is 0 Å². The van der Waals surface area contributed by atoms with Crippen molar-refractivity contribution in [3.05, 3.63) is 71.9 Å². The second kappa shape index (κ2) is 9.05. The zero-order valence-electron chi connectivity index (χ0n) is 18.1. The lowest BCUT2D eigenvalue weighted by Gasteiger charge is -2.21. The van der Waals surface area contributed by atoms with Crippen molar-refractivity contribution in [1.82, 2.24) is 9.97 Å². The molecule has 1 unspecified atom stereocenters. The third-order valence-corrected chi connectivity index (χ3v) is 5.34. The van der Waals surface area contributed by atoms with Gasteiger partial charge in [-0.25, -0.2) is 4.98 Å². The summed E-state index contributed by atoms with van der Waals surface area (Å²) in [4.78, 5) is 34.6. The van der Waals surface area contributed by atoms with Gasteiger partial charge in [-0.05, 0) is 43.5 Å². The van der Waals surface area contributed by atoms with Gasteiger partial charge in [0, 0.05) is 36.6 Å². The Kier molecular flexibility index (Phi) is 6.02. The fourth-order valence-corrected chi connectivity index (χ4v) is 3.61. The largest absolute Gasteiger partial charge is 0.365 e. The molecule has 2 aromatic carbocycles. The maximum Gasteiger partial charge on any atom is 0.254 e. The van der Waals surface area contributed by atoms with Crippen molar-refractivity contribution >= 4 is 35.0 Å². The summed E-state index contributed by atoms with van der Waals surface area (Å²) in [5.41, 5.74) is 8.36. The average molecular weight is 431 g/mol. The lowest BCUT2D eigenvalue weighted by molar-refractivity contribution is -0.116. The fourth-order valence-electron chi connectivity index (χ4n) is 3.61. The summed E-state index contributed by atoms with van der Waals surface area (Å²) >= 11 is 0. The van der Waals surface area contributed by atoms with E-state index in [1.165, 1.54) is 6.20 Å². The molecule has 32 heavy (non-hydrogen) atoms. The van der Waals surface area contributed by atoms with E-state index in [-0.39, 0.29) is 23.6 Å². The number of carbonyl (C=O) groups is 2. The van der Waals surface area contributed by atoms with Gasteiger partial charge in [-0.15, -0.1) is 0 Å². The monoisotopic (exact) mass is 430 g/mol. The maximum atomic E-state index is 12.1. The molecule has 2 amide bonds. The molecule has 0 radical (unpaired) electrons. The van der Waals surface area contributed by atoms with Crippen LogP contribution < -0.4 is 21.3 Å². The van der Waals surface area contributed by atoms with Gasteiger partial charge in [-0.2, -0.15) is 4.98 Å². The Morgan fingerprint density at radius 3 is 2.53 bits per heavy atom. The molecule has 0 spiro atoms. The Hall–Kier alpha value is -3.94. The Bertz CT molecular complexity index is 1130. The van der Waals surface area contributed by atoms with Crippen LogP contribution in [0.4, 0.5) is 23.1 Å². The smallest absolute Gasteiger partial charge is 0.254 e. The molecule has 1 saturated carbocycles. The first-order chi connectivity index (χ1) is 15.4. The number of primary amides is 1. The van der Waals surface area contributed by atoms with Gasteiger partial charge in [-0.3, -0.25) is 9.59 Å². The number of nitrogens with two attached hydrogens (primary N) is 1. The van der Waals surface area contributed by atoms with E-state index in [4.69, 9.17) is 5.73 Å². The van der Waals surface area contributed by atoms with E-state index in [2.05, 4.69) is 20.6 Å². The second-order valence-electron chi connectivity index (χ2n) is 7.89. The molecule has 0 saturated heterocycles. The molecular formula is C24H26N6O2. The quantitative estimate of drug-likeness (QED) is 0.498. The van der Waals surface area contributed by atoms with Gasteiger partial charge in [0.2, 0.25) is 11.9 Å². The number of benzene rings is 2. The molecule has 8 nitrogen and oxygen atoms in total. The SMILES string of the molecule is CC(=O)N(c1cccc(Nc2ncc(C(N)=O)c(NC(C)c3ccccc3)n2)c1)C1CC1. The van der Waals surface area contributed by atoms with Crippen LogP contribution in [0, 0.1) is 0 Å². The standard InChI is InChI=1S/C24H26N6O2/c1-15(17-7-4-3-5-8-17)27-23-21(22(25)32)14-26-24(29-23)28-18-9-6-10-20(13-18)30(16(2)31)19-11-12-19/h3-10,13-15,19H,11-12H2,1-2H3,(H2,25,32)(H2,26,27,28,29). The summed E-state index contributed by atoms with van der Waals surface area (Å²) in [5, 5.41) is 6.42. The van der Waals surface area contributed by atoms with Crippen molar-refractivity contribution in [2.75, 3.05) is 15.5 Å². The zero-order valence-corrected chi connectivity index (χ0v) is 18.1. The summed E-state index contributed by atoms with van der Waals surface area (Å²) in [6, 6.07) is 17.6. The lowest BCUT2D eigenvalue weighted by Crippen LogP contribution is -2.30. The minimum atomic E-state index is -0.608. The van der Waals surface area contributed by atoms with Crippen LogP contribution in [-0.2, 0) is 4.79 Å². The minimum absolute atomic E-state index is 0.0214. The molecule has 164 valence electrons. The first kappa shape index (κ1) is 21.3. The van der Waals surface area contributed by atoms with E-state index in [1.54, 1.807) is 6.92 Å². The average Bonchev–Trinajstić information content (AvgIpc) is 3.59. The summed E-state index contributed by atoms with van der Waals surface area (Å²) < 4.78 is 0. The molecule has 1 fully saturated rings. The summed E-state index contributed by atoms with van der Waals surface area (Å²) in [7, 11) is 0. The number of carbonyl (C=O) groups excluding carboxylic acids is 2. The zero-order chi connectivity index (χ0) is 22.7. The van der Waals surface area contributed by atoms with Gasteiger partial charge in [0.1, 0.15) is 5.82 Å². The number of anilines is 4. The van der Waals surface area contributed by atoms with E-state index < -0.39 is 5.91 Å². The van der Waals surface area contributed by atoms with Gasteiger partial charge < -0.3 is 21.3 Å². The van der Waals surface area contributed by atoms with Crippen LogP contribution in [0.5, 0.6) is 0 Å². The van der Waals surface area contributed by atoms with Crippen molar-refractivity contribution in [3.8, 4) is 0 Å². The van der Waals surface area contributed by atoms with Crippen molar-refractivity contribution < 1.29 is 9.59 Å². The summed E-state index contributed by atoms with van der Waals surface area (Å²) in [5.74, 6) is 0.0810. The topological polar surface area (TPSA) is 113 Å². The van der Waals surface area contributed by atoms with Crippen LogP contribution in [0.1, 0.15) is 48.7 Å². The molecule has 4 rings (SSSR count). The van der Waals surface area contributed by atoms with E-state index in [9.17, 15) is 9.59 Å². The molecule has 1 aliphatic carbocycles. The number of hydrogen-bond donors (Lipinski definition) is 3. The molecule has 3 aromatic rings. The van der Waals surface area contributed by atoms with E-state index >= 15 is 0 Å². The molecule has 0 bridgehead atoms. The molecule has 1 aromatic heterocycles. The number of aromatic nitrogens is 2. The highest BCUT2D eigenvalue weighted by Gasteiger charge is 2.32. The Labute approximate surface area is 186 Å². The van der Waals surface area contributed by atoms with E-state index in [0.29, 0.717) is 11.8 Å². The summed E-state index contributed by atoms with van der Waals surface area (Å²) in [6.07, 6.45) is 3.45. The maximum absolute atomic E-state index is 12.1. The molecule has 8 heteroatoms. The fraction of sp³-hybridized carbons (Fsp3) is 0.250. The van der Waals surface area contributed by atoms with Gasteiger partial charge in [0.05, 0.1) is 5.56 Å². The number of amides is 2. The van der Waals surface area contributed by atoms with Crippen molar-refractivity contribution in [2.45, 2.75) is 38.8 Å². The predicted octanol–water partition coefficient (Wildman–Crippen LogP) is 4.01. The van der Waals surface area contributed by atoms with Gasteiger partial charge in [0.15, 0.2) is 0 Å². The number of hydrogen-bond acceptors (Lipinski definition) is 6. The van der Waals surface area contributed by atoms with Gasteiger partial charge in [-0.1, -0.05) is 36.4 Å². The highest BCUT2D eigenvalue weighted by Crippen LogP contribution is 2.33. The highest BCUT2D eigenvalue weighted by molar-refractivity contribution is 5.97. The Balaban J connectivity index is 1.58. The molecule has 1 aliphatic rings. The second-order valence-corrected chi connectivity index (χ2v) is 7.89. The molecule has 4 N–H and O–H groups in total.